The van der Waals surface area contributed by atoms with Crippen LogP contribution in [0.4, 0.5) is 15.8 Å². The maximum Gasteiger partial charge on any atom is 0.146 e. The molecule has 0 amide bonds. The van der Waals surface area contributed by atoms with Gasteiger partial charge in [0, 0.05) is 10.9 Å². The third-order valence-electron chi connectivity index (χ3n) is 3.93. The lowest BCUT2D eigenvalue weighted by atomic mass is 10.1. The first-order valence-corrected chi connectivity index (χ1v) is 7.78. The SMILES string of the molecule is Fc1ccccc1Nc1cc(-c2ccccc2)nc2ccccc12. The summed E-state index contributed by atoms with van der Waals surface area (Å²) in [6.07, 6.45) is 0. The summed E-state index contributed by atoms with van der Waals surface area (Å²) in [4.78, 5) is 4.74. The number of anilines is 2. The van der Waals surface area contributed by atoms with Crippen molar-refractivity contribution in [3.05, 3.63) is 90.7 Å². The van der Waals surface area contributed by atoms with Crippen LogP contribution < -0.4 is 5.32 Å². The summed E-state index contributed by atoms with van der Waals surface area (Å²) >= 11 is 0. The molecule has 0 bridgehead atoms. The molecule has 4 aromatic rings. The minimum atomic E-state index is -0.278. The van der Waals surface area contributed by atoms with Crippen LogP contribution >= 0.6 is 0 Å². The number of halogens is 1. The Balaban J connectivity index is 1.88. The second-order valence-electron chi connectivity index (χ2n) is 5.54. The topological polar surface area (TPSA) is 24.9 Å². The minimum Gasteiger partial charge on any atom is -0.353 e. The van der Waals surface area contributed by atoms with Gasteiger partial charge in [-0.2, -0.15) is 0 Å². The third kappa shape index (κ3) is 2.72. The largest absolute Gasteiger partial charge is 0.353 e. The van der Waals surface area contributed by atoms with Crippen molar-refractivity contribution in [3.8, 4) is 11.3 Å². The Kier molecular flexibility index (Phi) is 3.67. The summed E-state index contributed by atoms with van der Waals surface area (Å²) in [5.74, 6) is -0.278. The van der Waals surface area contributed by atoms with Gasteiger partial charge >= 0.3 is 0 Å². The molecule has 0 fully saturated rings. The molecule has 0 saturated heterocycles. The van der Waals surface area contributed by atoms with Crippen molar-refractivity contribution in [2.24, 2.45) is 0 Å². The highest BCUT2D eigenvalue weighted by atomic mass is 19.1. The lowest BCUT2D eigenvalue weighted by molar-refractivity contribution is 0.632. The highest BCUT2D eigenvalue weighted by molar-refractivity contribution is 5.95. The molecule has 1 heterocycles. The quantitative estimate of drug-likeness (QED) is 0.518. The summed E-state index contributed by atoms with van der Waals surface area (Å²) in [6, 6.07) is 26.5. The first-order chi connectivity index (χ1) is 11.8. The van der Waals surface area contributed by atoms with Gasteiger partial charge in [-0.3, -0.25) is 0 Å². The number of nitrogens with one attached hydrogen (secondary N) is 1. The number of nitrogens with zero attached hydrogens (tertiary/aromatic N) is 1. The number of benzene rings is 3. The van der Waals surface area contributed by atoms with Crippen LogP contribution in [0.15, 0.2) is 84.9 Å². The summed E-state index contributed by atoms with van der Waals surface area (Å²) in [6.45, 7) is 0. The zero-order valence-electron chi connectivity index (χ0n) is 12.9. The lowest BCUT2D eigenvalue weighted by Crippen LogP contribution is -1.97. The molecule has 4 rings (SSSR count). The van der Waals surface area contributed by atoms with Gasteiger partial charge in [-0.15, -0.1) is 0 Å². The van der Waals surface area contributed by atoms with Crippen molar-refractivity contribution in [3.63, 3.8) is 0 Å². The Morgan fingerprint density at radius 3 is 2.25 bits per heavy atom. The van der Waals surface area contributed by atoms with Crippen LogP contribution in [0.3, 0.4) is 0 Å². The summed E-state index contributed by atoms with van der Waals surface area (Å²) in [5.41, 5.74) is 4.04. The first-order valence-electron chi connectivity index (χ1n) is 7.78. The van der Waals surface area contributed by atoms with E-state index in [4.69, 9.17) is 4.98 Å². The Morgan fingerprint density at radius 1 is 0.708 bits per heavy atom. The fraction of sp³-hybridized carbons (Fsp3) is 0. The molecule has 0 radical (unpaired) electrons. The zero-order valence-corrected chi connectivity index (χ0v) is 12.9. The zero-order chi connectivity index (χ0) is 16.4. The lowest BCUT2D eigenvalue weighted by Gasteiger charge is -2.13. The van der Waals surface area contributed by atoms with E-state index in [1.807, 2.05) is 66.7 Å². The maximum absolute atomic E-state index is 14.0. The first kappa shape index (κ1) is 14.4. The molecule has 24 heavy (non-hydrogen) atoms. The van der Waals surface area contributed by atoms with Crippen LogP contribution in [0.1, 0.15) is 0 Å². The predicted octanol–water partition coefficient (Wildman–Crippen LogP) is 5.78. The van der Waals surface area contributed by atoms with Crippen molar-refractivity contribution in [1.29, 1.82) is 0 Å². The molecule has 0 aliphatic carbocycles. The van der Waals surface area contributed by atoms with E-state index in [2.05, 4.69) is 5.32 Å². The summed E-state index contributed by atoms with van der Waals surface area (Å²) < 4.78 is 14.0. The number of hydrogen-bond acceptors (Lipinski definition) is 2. The molecule has 0 atom stereocenters. The maximum atomic E-state index is 14.0. The van der Waals surface area contributed by atoms with E-state index in [0.717, 1.165) is 27.8 Å². The molecular formula is C21H15FN2. The van der Waals surface area contributed by atoms with Crippen LogP contribution in [0.25, 0.3) is 22.2 Å². The summed E-state index contributed by atoms with van der Waals surface area (Å²) in [5, 5.41) is 4.17. The van der Waals surface area contributed by atoms with Gasteiger partial charge in [-0.1, -0.05) is 60.7 Å². The van der Waals surface area contributed by atoms with Crippen molar-refractivity contribution in [2.45, 2.75) is 0 Å². The number of fused-ring (bicyclic) bond motifs is 1. The van der Waals surface area contributed by atoms with Gasteiger partial charge in [0.2, 0.25) is 0 Å². The molecule has 0 spiro atoms. The van der Waals surface area contributed by atoms with E-state index in [1.165, 1.54) is 6.07 Å². The predicted molar refractivity (Wildman–Crippen MR) is 96.9 cm³/mol. The van der Waals surface area contributed by atoms with Crippen molar-refractivity contribution >= 4 is 22.3 Å². The Hall–Kier alpha value is -3.20. The number of para-hydroxylation sites is 2. The molecule has 2 nitrogen and oxygen atoms in total. The fourth-order valence-corrected chi connectivity index (χ4v) is 2.74. The Labute approximate surface area is 139 Å². The molecule has 0 unspecified atom stereocenters. The van der Waals surface area contributed by atoms with E-state index in [-0.39, 0.29) is 5.82 Å². The Bertz CT molecular complexity index is 997. The van der Waals surface area contributed by atoms with Gasteiger partial charge < -0.3 is 5.32 Å². The average molecular weight is 314 g/mol. The van der Waals surface area contributed by atoms with Gasteiger partial charge in [0.15, 0.2) is 0 Å². The monoisotopic (exact) mass is 314 g/mol. The highest BCUT2D eigenvalue weighted by Crippen LogP contribution is 2.31. The van der Waals surface area contributed by atoms with E-state index >= 15 is 0 Å². The second-order valence-corrected chi connectivity index (χ2v) is 5.54. The van der Waals surface area contributed by atoms with Crippen molar-refractivity contribution in [2.75, 3.05) is 5.32 Å². The standard InChI is InChI=1S/C21H15FN2/c22-17-11-5-7-13-19(17)24-21-14-20(15-8-2-1-3-9-15)23-18-12-6-4-10-16(18)21/h1-14H,(H,23,24). The van der Waals surface area contributed by atoms with E-state index in [1.54, 1.807) is 12.1 Å². The summed E-state index contributed by atoms with van der Waals surface area (Å²) in [7, 11) is 0. The van der Waals surface area contributed by atoms with Crippen molar-refractivity contribution in [1.82, 2.24) is 4.98 Å². The molecular weight excluding hydrogens is 299 g/mol. The number of rotatable bonds is 3. The molecule has 1 aromatic heterocycles. The normalized spacial score (nSPS) is 10.7. The molecule has 0 aliphatic heterocycles. The van der Waals surface area contributed by atoms with E-state index < -0.39 is 0 Å². The van der Waals surface area contributed by atoms with Crippen LogP contribution in [-0.4, -0.2) is 4.98 Å². The fourth-order valence-electron chi connectivity index (χ4n) is 2.74. The highest BCUT2D eigenvalue weighted by Gasteiger charge is 2.09. The molecule has 1 N–H and O–H groups in total. The minimum absolute atomic E-state index is 0.278. The van der Waals surface area contributed by atoms with Gasteiger partial charge in [0.1, 0.15) is 5.82 Å². The number of pyridine rings is 1. The van der Waals surface area contributed by atoms with Crippen LogP contribution in [0.5, 0.6) is 0 Å². The van der Waals surface area contributed by atoms with Crippen molar-refractivity contribution < 1.29 is 4.39 Å². The van der Waals surface area contributed by atoms with Gasteiger partial charge in [0.05, 0.1) is 22.6 Å². The van der Waals surface area contributed by atoms with Crippen LogP contribution in [0.2, 0.25) is 0 Å². The molecule has 3 aromatic carbocycles. The van der Waals surface area contributed by atoms with Gasteiger partial charge in [-0.05, 0) is 24.3 Å². The molecule has 3 heteroatoms. The van der Waals surface area contributed by atoms with Gasteiger partial charge in [0.25, 0.3) is 0 Å². The smallest absolute Gasteiger partial charge is 0.146 e. The molecule has 116 valence electrons. The molecule has 0 aliphatic rings. The van der Waals surface area contributed by atoms with E-state index in [9.17, 15) is 4.39 Å². The molecule has 0 saturated carbocycles. The average Bonchev–Trinajstić information content (AvgIpc) is 2.64. The second kappa shape index (κ2) is 6.13. The number of hydrogen-bond donors (Lipinski definition) is 1. The van der Waals surface area contributed by atoms with E-state index in [0.29, 0.717) is 5.69 Å². The number of aromatic nitrogens is 1. The van der Waals surface area contributed by atoms with Crippen LogP contribution in [-0.2, 0) is 0 Å². The van der Waals surface area contributed by atoms with Gasteiger partial charge in [-0.25, -0.2) is 9.37 Å². The Morgan fingerprint density at radius 2 is 1.42 bits per heavy atom. The van der Waals surface area contributed by atoms with Crippen LogP contribution in [0, 0.1) is 5.82 Å². The third-order valence-corrected chi connectivity index (χ3v) is 3.93.